The standard InChI is InChI=1S/C14H17ClFNO3S/c1-9(2)12-4-3-7-17(12)14(18)10-5-6-11(16)13(8-10)21(15,19)20/h5-6,8-9,12H,3-4,7H2,1-2H3. The fourth-order valence-corrected chi connectivity index (χ4v) is 3.65. The Morgan fingerprint density at radius 2 is 2.10 bits per heavy atom. The lowest BCUT2D eigenvalue weighted by Gasteiger charge is -2.27. The second-order valence-corrected chi connectivity index (χ2v) is 8.07. The maximum absolute atomic E-state index is 13.5. The third kappa shape index (κ3) is 3.37. The van der Waals surface area contributed by atoms with E-state index in [0.29, 0.717) is 12.5 Å². The fourth-order valence-electron chi connectivity index (χ4n) is 2.73. The number of benzene rings is 1. The van der Waals surface area contributed by atoms with E-state index in [1.165, 1.54) is 6.07 Å². The summed E-state index contributed by atoms with van der Waals surface area (Å²) >= 11 is 0. The van der Waals surface area contributed by atoms with E-state index in [0.717, 1.165) is 25.0 Å². The van der Waals surface area contributed by atoms with Crippen molar-refractivity contribution < 1.29 is 17.6 Å². The van der Waals surface area contributed by atoms with Crippen LogP contribution in [-0.2, 0) is 9.05 Å². The molecule has 1 saturated heterocycles. The molecule has 116 valence electrons. The predicted octanol–water partition coefficient (Wildman–Crippen LogP) is 3.01. The SMILES string of the molecule is CC(C)C1CCCN1C(=O)c1ccc(F)c(S(=O)(=O)Cl)c1. The Labute approximate surface area is 128 Å². The van der Waals surface area contributed by atoms with E-state index in [2.05, 4.69) is 0 Å². The van der Waals surface area contributed by atoms with E-state index < -0.39 is 19.8 Å². The first-order valence-corrected chi connectivity index (χ1v) is 9.08. The van der Waals surface area contributed by atoms with E-state index in [9.17, 15) is 17.6 Å². The minimum atomic E-state index is -4.22. The molecule has 7 heteroatoms. The highest BCUT2D eigenvalue weighted by molar-refractivity contribution is 8.13. The van der Waals surface area contributed by atoms with Crippen LogP contribution in [0.3, 0.4) is 0 Å². The average molecular weight is 334 g/mol. The maximum atomic E-state index is 13.5. The summed E-state index contributed by atoms with van der Waals surface area (Å²) in [4.78, 5) is 13.6. The molecule has 1 amide bonds. The maximum Gasteiger partial charge on any atom is 0.264 e. The summed E-state index contributed by atoms with van der Waals surface area (Å²) in [7, 11) is 0.970. The summed E-state index contributed by atoms with van der Waals surface area (Å²) in [6.07, 6.45) is 1.84. The van der Waals surface area contributed by atoms with Crippen LogP contribution < -0.4 is 0 Å². The number of rotatable bonds is 3. The molecule has 4 nitrogen and oxygen atoms in total. The van der Waals surface area contributed by atoms with Gasteiger partial charge in [0.2, 0.25) is 0 Å². The average Bonchev–Trinajstić information content (AvgIpc) is 2.86. The van der Waals surface area contributed by atoms with Crippen LogP contribution >= 0.6 is 10.7 Å². The van der Waals surface area contributed by atoms with Crippen molar-refractivity contribution in [2.75, 3.05) is 6.54 Å². The third-order valence-corrected chi connectivity index (χ3v) is 5.11. The van der Waals surface area contributed by atoms with Crippen molar-refractivity contribution in [1.29, 1.82) is 0 Å². The van der Waals surface area contributed by atoms with Crippen molar-refractivity contribution in [3.8, 4) is 0 Å². The normalized spacial score (nSPS) is 19.3. The Hall–Kier alpha value is -1.14. The third-order valence-electron chi connectivity index (χ3n) is 3.77. The van der Waals surface area contributed by atoms with Gasteiger partial charge < -0.3 is 4.90 Å². The van der Waals surface area contributed by atoms with Gasteiger partial charge in [0.05, 0.1) is 0 Å². The van der Waals surface area contributed by atoms with E-state index >= 15 is 0 Å². The summed E-state index contributed by atoms with van der Waals surface area (Å²) in [5.74, 6) is -0.927. The van der Waals surface area contributed by atoms with E-state index in [1.807, 2.05) is 13.8 Å². The molecule has 21 heavy (non-hydrogen) atoms. The fraction of sp³-hybridized carbons (Fsp3) is 0.500. The number of hydrogen-bond acceptors (Lipinski definition) is 3. The van der Waals surface area contributed by atoms with Gasteiger partial charge in [-0.1, -0.05) is 13.8 Å². The predicted molar refractivity (Wildman–Crippen MR) is 78.3 cm³/mol. The first-order chi connectivity index (χ1) is 9.71. The van der Waals surface area contributed by atoms with Gasteiger partial charge in [-0.15, -0.1) is 0 Å². The molecule has 0 aromatic heterocycles. The molecule has 0 spiro atoms. The second-order valence-electron chi connectivity index (χ2n) is 5.54. The lowest BCUT2D eigenvalue weighted by atomic mass is 10.0. The lowest BCUT2D eigenvalue weighted by Crippen LogP contribution is -2.38. The summed E-state index contributed by atoms with van der Waals surface area (Å²) < 4.78 is 36.2. The molecule has 1 unspecified atom stereocenters. The topological polar surface area (TPSA) is 54.5 Å². The molecule has 0 saturated carbocycles. The van der Waals surface area contributed by atoms with E-state index in [1.54, 1.807) is 4.90 Å². The summed E-state index contributed by atoms with van der Waals surface area (Å²) in [5, 5.41) is 0. The highest BCUT2D eigenvalue weighted by Crippen LogP contribution is 2.27. The zero-order valence-electron chi connectivity index (χ0n) is 11.8. The van der Waals surface area contributed by atoms with Gasteiger partial charge in [-0.25, -0.2) is 12.8 Å². The molecule has 1 aliphatic heterocycles. The number of carbonyl (C=O) groups excluding carboxylic acids is 1. The van der Waals surface area contributed by atoms with Crippen molar-refractivity contribution in [2.24, 2.45) is 5.92 Å². The summed E-state index contributed by atoms with van der Waals surface area (Å²) in [5.41, 5.74) is 0.142. The lowest BCUT2D eigenvalue weighted by molar-refractivity contribution is 0.0701. The second kappa shape index (κ2) is 5.93. The van der Waals surface area contributed by atoms with Crippen LogP contribution in [-0.4, -0.2) is 31.8 Å². The number of amides is 1. The largest absolute Gasteiger partial charge is 0.335 e. The van der Waals surface area contributed by atoms with E-state index in [-0.39, 0.29) is 17.5 Å². The highest BCUT2D eigenvalue weighted by Gasteiger charge is 2.32. The minimum Gasteiger partial charge on any atom is -0.335 e. The molecule has 2 rings (SSSR count). The first-order valence-electron chi connectivity index (χ1n) is 6.77. The van der Waals surface area contributed by atoms with Crippen LogP contribution in [0.4, 0.5) is 4.39 Å². The van der Waals surface area contributed by atoms with E-state index in [4.69, 9.17) is 10.7 Å². The van der Waals surface area contributed by atoms with Crippen molar-refractivity contribution >= 4 is 25.6 Å². The van der Waals surface area contributed by atoms with Crippen molar-refractivity contribution in [3.63, 3.8) is 0 Å². The Morgan fingerprint density at radius 3 is 2.67 bits per heavy atom. The Kier molecular flexibility index (Phi) is 4.58. The van der Waals surface area contributed by atoms with Crippen LogP contribution in [0.15, 0.2) is 23.1 Å². The van der Waals surface area contributed by atoms with Crippen LogP contribution in [0.2, 0.25) is 0 Å². The monoisotopic (exact) mass is 333 g/mol. The van der Waals surface area contributed by atoms with Crippen LogP contribution in [0.1, 0.15) is 37.0 Å². The molecule has 1 atom stereocenters. The van der Waals surface area contributed by atoms with Gasteiger partial charge >= 0.3 is 0 Å². The van der Waals surface area contributed by atoms with Gasteiger partial charge in [0, 0.05) is 28.8 Å². The van der Waals surface area contributed by atoms with Crippen molar-refractivity contribution in [2.45, 2.75) is 37.6 Å². The molecule has 1 aromatic rings. The Morgan fingerprint density at radius 1 is 1.43 bits per heavy atom. The van der Waals surface area contributed by atoms with Crippen LogP contribution in [0.25, 0.3) is 0 Å². The molecule has 0 bridgehead atoms. The van der Waals surface area contributed by atoms with Crippen molar-refractivity contribution in [1.82, 2.24) is 4.90 Å². The molecule has 1 aliphatic rings. The minimum absolute atomic E-state index is 0.124. The van der Waals surface area contributed by atoms with Crippen LogP contribution in [0, 0.1) is 11.7 Å². The summed E-state index contributed by atoms with van der Waals surface area (Å²) in [6, 6.07) is 3.39. The molecule has 1 aromatic carbocycles. The Balaban J connectivity index is 2.36. The first kappa shape index (κ1) is 16.2. The quantitative estimate of drug-likeness (QED) is 0.799. The number of carbonyl (C=O) groups is 1. The molecular weight excluding hydrogens is 317 g/mol. The van der Waals surface area contributed by atoms with Gasteiger partial charge in [0.25, 0.3) is 15.0 Å². The zero-order chi connectivity index (χ0) is 15.8. The molecule has 1 fully saturated rings. The highest BCUT2D eigenvalue weighted by atomic mass is 35.7. The Bertz CT molecular complexity index is 660. The van der Waals surface area contributed by atoms with Crippen LogP contribution in [0.5, 0.6) is 0 Å². The molecule has 0 radical (unpaired) electrons. The number of halogens is 2. The van der Waals surface area contributed by atoms with Gasteiger partial charge in [0.1, 0.15) is 10.7 Å². The molecule has 0 N–H and O–H groups in total. The summed E-state index contributed by atoms with van der Waals surface area (Å²) in [6.45, 7) is 4.70. The van der Waals surface area contributed by atoms with Gasteiger partial charge in [-0.2, -0.15) is 0 Å². The molecular formula is C14H17ClFNO3S. The van der Waals surface area contributed by atoms with Gasteiger partial charge in [0.15, 0.2) is 0 Å². The molecule has 1 heterocycles. The zero-order valence-corrected chi connectivity index (χ0v) is 13.4. The smallest absolute Gasteiger partial charge is 0.264 e. The number of hydrogen-bond donors (Lipinski definition) is 0. The van der Waals surface area contributed by atoms with Gasteiger partial charge in [-0.3, -0.25) is 4.79 Å². The number of likely N-dealkylation sites (tertiary alicyclic amines) is 1. The van der Waals surface area contributed by atoms with Crippen molar-refractivity contribution in [3.05, 3.63) is 29.6 Å². The molecule has 0 aliphatic carbocycles. The van der Waals surface area contributed by atoms with Gasteiger partial charge in [-0.05, 0) is 37.0 Å². The number of nitrogens with zero attached hydrogens (tertiary/aromatic N) is 1.